The van der Waals surface area contributed by atoms with Gasteiger partial charge < -0.3 is 14.6 Å². The highest BCUT2D eigenvalue weighted by molar-refractivity contribution is 7.11. The topological polar surface area (TPSA) is 38.7 Å². The predicted octanol–water partition coefficient (Wildman–Crippen LogP) is 1.46. The number of hydrogen-bond donors (Lipinski definition) is 1. The van der Waals surface area contributed by atoms with Gasteiger partial charge in [-0.1, -0.05) is 0 Å². The second-order valence-electron chi connectivity index (χ2n) is 3.05. The van der Waals surface area contributed by atoms with Crippen LogP contribution in [0, 0.1) is 6.92 Å². The maximum atomic E-state index is 8.83. The molecule has 1 saturated heterocycles. The Morgan fingerprint density at radius 2 is 2.46 bits per heavy atom. The van der Waals surface area contributed by atoms with Crippen LogP contribution in [0.5, 0.6) is 0 Å². The molecule has 4 heteroatoms. The lowest BCUT2D eigenvalue weighted by atomic mass is 10.4. The van der Waals surface area contributed by atoms with Gasteiger partial charge in [0, 0.05) is 4.88 Å². The molecule has 1 aromatic heterocycles. The highest BCUT2D eigenvalue weighted by Crippen LogP contribution is 2.31. The summed E-state index contributed by atoms with van der Waals surface area (Å²) in [7, 11) is 0. The smallest absolute Gasteiger partial charge is 0.193 e. The molecule has 1 aromatic rings. The zero-order valence-corrected chi connectivity index (χ0v) is 8.21. The van der Waals surface area contributed by atoms with E-state index in [1.165, 1.54) is 4.88 Å². The molecule has 1 N–H and O–H groups in total. The summed E-state index contributed by atoms with van der Waals surface area (Å²) < 4.78 is 10.8. The Bertz CT molecular complexity index is 284. The highest BCUT2D eigenvalue weighted by atomic mass is 32.1. The fourth-order valence-electron chi connectivity index (χ4n) is 1.27. The van der Waals surface area contributed by atoms with Crippen LogP contribution in [0.3, 0.4) is 0 Å². The van der Waals surface area contributed by atoms with Gasteiger partial charge in [0.15, 0.2) is 6.29 Å². The first-order chi connectivity index (χ1) is 6.29. The van der Waals surface area contributed by atoms with Crippen molar-refractivity contribution in [1.29, 1.82) is 0 Å². The van der Waals surface area contributed by atoms with E-state index in [9.17, 15) is 0 Å². The minimum Gasteiger partial charge on any atom is -0.394 e. The normalized spacial score (nSPS) is 28.2. The van der Waals surface area contributed by atoms with Crippen LogP contribution in [-0.2, 0) is 9.47 Å². The molecular formula is C9H12O3S. The molecule has 0 bridgehead atoms. The van der Waals surface area contributed by atoms with Crippen molar-refractivity contribution in [2.45, 2.75) is 19.3 Å². The van der Waals surface area contributed by atoms with E-state index in [2.05, 4.69) is 0 Å². The Morgan fingerprint density at radius 3 is 3.00 bits per heavy atom. The lowest BCUT2D eigenvalue weighted by Crippen LogP contribution is -2.14. The molecule has 0 saturated carbocycles. The molecule has 13 heavy (non-hydrogen) atoms. The first kappa shape index (κ1) is 9.15. The minimum absolute atomic E-state index is 0.0286. The molecule has 1 fully saturated rings. The average Bonchev–Trinajstić information content (AvgIpc) is 2.71. The maximum Gasteiger partial charge on any atom is 0.193 e. The van der Waals surface area contributed by atoms with Crippen molar-refractivity contribution in [3.8, 4) is 0 Å². The van der Waals surface area contributed by atoms with Crippen LogP contribution in [0.1, 0.15) is 16.0 Å². The first-order valence-electron chi connectivity index (χ1n) is 4.24. The molecule has 72 valence electrons. The van der Waals surface area contributed by atoms with Gasteiger partial charge in [-0.15, -0.1) is 11.3 Å². The molecule has 1 aliphatic rings. The van der Waals surface area contributed by atoms with Crippen molar-refractivity contribution in [2.24, 2.45) is 0 Å². The Morgan fingerprint density at radius 1 is 1.62 bits per heavy atom. The third-order valence-corrected chi connectivity index (χ3v) is 2.97. The molecule has 2 rings (SSSR count). The van der Waals surface area contributed by atoms with Gasteiger partial charge in [-0.25, -0.2) is 0 Å². The molecular weight excluding hydrogens is 188 g/mol. The van der Waals surface area contributed by atoms with Crippen molar-refractivity contribution < 1.29 is 14.6 Å². The Labute approximate surface area is 80.9 Å². The van der Waals surface area contributed by atoms with Crippen LogP contribution in [-0.4, -0.2) is 24.4 Å². The molecule has 3 nitrogen and oxygen atoms in total. The number of aliphatic hydroxyl groups is 1. The van der Waals surface area contributed by atoms with Crippen LogP contribution < -0.4 is 0 Å². The van der Waals surface area contributed by atoms with E-state index in [4.69, 9.17) is 14.6 Å². The third-order valence-electron chi connectivity index (χ3n) is 1.95. The number of aliphatic hydroxyl groups excluding tert-OH is 1. The summed E-state index contributed by atoms with van der Waals surface area (Å²) in [6.07, 6.45) is -0.428. The lowest BCUT2D eigenvalue weighted by molar-refractivity contribution is -0.0651. The van der Waals surface area contributed by atoms with Crippen LogP contribution >= 0.6 is 11.3 Å². The van der Waals surface area contributed by atoms with Crippen LogP contribution in [0.25, 0.3) is 0 Å². The van der Waals surface area contributed by atoms with Gasteiger partial charge in [-0.05, 0) is 19.1 Å². The number of aryl methyl sites for hydroxylation is 1. The minimum atomic E-state index is -0.268. The fraction of sp³-hybridized carbons (Fsp3) is 0.556. The van der Waals surface area contributed by atoms with Gasteiger partial charge in [0.2, 0.25) is 0 Å². The van der Waals surface area contributed by atoms with E-state index < -0.39 is 0 Å². The van der Waals surface area contributed by atoms with Gasteiger partial charge in [-0.2, -0.15) is 0 Å². The van der Waals surface area contributed by atoms with Crippen LogP contribution in [0.2, 0.25) is 0 Å². The molecule has 2 unspecified atom stereocenters. The molecule has 0 radical (unpaired) electrons. The molecule has 0 amide bonds. The van der Waals surface area contributed by atoms with Crippen molar-refractivity contribution in [3.63, 3.8) is 0 Å². The Kier molecular flexibility index (Phi) is 2.64. The van der Waals surface area contributed by atoms with Crippen molar-refractivity contribution >= 4 is 11.3 Å². The second kappa shape index (κ2) is 3.75. The summed E-state index contributed by atoms with van der Waals surface area (Å²) in [6.45, 7) is 2.56. The fourth-order valence-corrected chi connectivity index (χ4v) is 2.14. The van der Waals surface area contributed by atoms with E-state index >= 15 is 0 Å². The summed E-state index contributed by atoms with van der Waals surface area (Å²) in [4.78, 5) is 2.32. The van der Waals surface area contributed by atoms with E-state index in [1.807, 2.05) is 19.1 Å². The zero-order chi connectivity index (χ0) is 9.26. The van der Waals surface area contributed by atoms with E-state index in [1.54, 1.807) is 11.3 Å². The first-order valence-corrected chi connectivity index (χ1v) is 5.05. The average molecular weight is 200 g/mol. The maximum absolute atomic E-state index is 8.83. The number of hydrogen-bond acceptors (Lipinski definition) is 4. The van der Waals surface area contributed by atoms with Gasteiger partial charge in [0.1, 0.15) is 6.10 Å². The summed E-state index contributed by atoms with van der Waals surface area (Å²) in [5.74, 6) is 0. The number of rotatable bonds is 2. The SMILES string of the molecule is Cc1ccc(C2OCC(CO)O2)s1. The van der Waals surface area contributed by atoms with Crippen molar-refractivity contribution in [1.82, 2.24) is 0 Å². The molecule has 2 atom stereocenters. The third kappa shape index (κ3) is 1.91. The van der Waals surface area contributed by atoms with E-state index in [0.717, 1.165) is 4.88 Å². The van der Waals surface area contributed by atoms with Gasteiger partial charge in [0.25, 0.3) is 0 Å². The molecule has 0 aliphatic carbocycles. The standard InChI is InChI=1S/C9H12O3S/c1-6-2-3-8(13-6)9-11-5-7(4-10)12-9/h2-3,7,9-10H,4-5H2,1H3. The Hall–Kier alpha value is -0.420. The van der Waals surface area contributed by atoms with Crippen molar-refractivity contribution in [3.05, 3.63) is 21.9 Å². The summed E-state index contributed by atoms with van der Waals surface area (Å²) >= 11 is 1.67. The molecule has 1 aliphatic heterocycles. The monoisotopic (exact) mass is 200 g/mol. The largest absolute Gasteiger partial charge is 0.394 e. The van der Waals surface area contributed by atoms with Gasteiger partial charge in [0.05, 0.1) is 18.1 Å². The molecule has 0 aromatic carbocycles. The Balaban J connectivity index is 2.03. The quantitative estimate of drug-likeness (QED) is 0.785. The summed E-state index contributed by atoms with van der Waals surface area (Å²) in [5, 5.41) is 8.83. The number of ether oxygens (including phenoxy) is 2. The van der Waals surface area contributed by atoms with Crippen LogP contribution in [0.4, 0.5) is 0 Å². The summed E-state index contributed by atoms with van der Waals surface area (Å²) in [5.41, 5.74) is 0. The van der Waals surface area contributed by atoms with Gasteiger partial charge in [-0.3, -0.25) is 0 Å². The van der Waals surface area contributed by atoms with E-state index in [-0.39, 0.29) is 19.0 Å². The van der Waals surface area contributed by atoms with Crippen molar-refractivity contribution in [2.75, 3.05) is 13.2 Å². The van der Waals surface area contributed by atoms with Gasteiger partial charge >= 0.3 is 0 Å². The predicted molar refractivity (Wildman–Crippen MR) is 49.7 cm³/mol. The lowest BCUT2D eigenvalue weighted by Gasteiger charge is -2.07. The van der Waals surface area contributed by atoms with E-state index in [0.29, 0.717) is 6.61 Å². The van der Waals surface area contributed by atoms with Crippen LogP contribution in [0.15, 0.2) is 12.1 Å². The molecule has 0 spiro atoms. The summed E-state index contributed by atoms with van der Waals surface area (Å²) in [6, 6.07) is 4.05. The second-order valence-corrected chi connectivity index (χ2v) is 4.37. The zero-order valence-electron chi connectivity index (χ0n) is 7.40. The number of thiophene rings is 1. The molecule has 2 heterocycles. The highest BCUT2D eigenvalue weighted by Gasteiger charge is 2.27.